The summed E-state index contributed by atoms with van der Waals surface area (Å²) in [6.07, 6.45) is 1.67. The average Bonchev–Trinajstić information content (AvgIpc) is 3.27. The van der Waals surface area contributed by atoms with E-state index in [0.29, 0.717) is 22.7 Å². The van der Waals surface area contributed by atoms with Gasteiger partial charge in [-0.2, -0.15) is 0 Å². The molecule has 1 amide bonds. The Labute approximate surface area is 202 Å². The number of benzene rings is 2. The van der Waals surface area contributed by atoms with Crippen LogP contribution in [0.2, 0.25) is 0 Å². The van der Waals surface area contributed by atoms with Crippen LogP contribution >= 0.6 is 11.3 Å². The Morgan fingerprint density at radius 1 is 1.06 bits per heavy atom. The maximum atomic E-state index is 13.5. The highest BCUT2D eigenvalue weighted by molar-refractivity contribution is 7.17. The molecule has 1 aliphatic rings. The van der Waals surface area contributed by atoms with Crippen molar-refractivity contribution in [3.8, 4) is 5.69 Å². The number of carbonyl (C=O) groups excluding carboxylic acids is 1. The molecule has 1 aliphatic heterocycles. The van der Waals surface area contributed by atoms with E-state index >= 15 is 0 Å². The molecule has 1 saturated heterocycles. The maximum absolute atomic E-state index is 13.5. The van der Waals surface area contributed by atoms with Crippen LogP contribution in [0, 0.1) is 26.7 Å². The molecule has 1 fully saturated rings. The molecule has 0 saturated carbocycles. The zero-order chi connectivity index (χ0) is 23.8. The second-order valence-electron chi connectivity index (χ2n) is 9.18. The summed E-state index contributed by atoms with van der Waals surface area (Å²) in [5, 5.41) is 5.01. The molecule has 2 aromatic heterocycles. The van der Waals surface area contributed by atoms with Gasteiger partial charge in [0.05, 0.1) is 17.1 Å². The van der Waals surface area contributed by atoms with Gasteiger partial charge in [-0.1, -0.05) is 18.2 Å². The number of hydrogen-bond donors (Lipinski definition) is 1. The van der Waals surface area contributed by atoms with Gasteiger partial charge >= 0.3 is 0 Å². The Kier molecular flexibility index (Phi) is 5.96. The van der Waals surface area contributed by atoms with E-state index in [4.69, 9.17) is 4.98 Å². The molecule has 0 spiro atoms. The number of aryl methyl sites for hydroxylation is 3. The third-order valence-electron chi connectivity index (χ3n) is 6.29. The highest BCUT2D eigenvalue weighted by Gasteiger charge is 2.29. The van der Waals surface area contributed by atoms with Gasteiger partial charge in [0.15, 0.2) is 0 Å². The van der Waals surface area contributed by atoms with E-state index in [0.717, 1.165) is 47.5 Å². The van der Waals surface area contributed by atoms with Crippen LogP contribution in [-0.2, 0) is 4.79 Å². The molecule has 6 nitrogen and oxygen atoms in total. The molecular weight excluding hydrogens is 444 g/mol. The van der Waals surface area contributed by atoms with Crippen molar-refractivity contribution in [2.24, 2.45) is 5.92 Å². The van der Waals surface area contributed by atoms with Gasteiger partial charge in [0.25, 0.3) is 5.56 Å². The van der Waals surface area contributed by atoms with Gasteiger partial charge in [-0.3, -0.25) is 9.59 Å². The van der Waals surface area contributed by atoms with Crippen molar-refractivity contribution < 1.29 is 4.79 Å². The number of hydrogen-bond acceptors (Lipinski definition) is 5. The Morgan fingerprint density at radius 3 is 2.62 bits per heavy atom. The van der Waals surface area contributed by atoms with Crippen molar-refractivity contribution in [2.75, 3.05) is 23.3 Å². The highest BCUT2D eigenvalue weighted by atomic mass is 32.1. The van der Waals surface area contributed by atoms with Crippen LogP contribution in [-0.4, -0.2) is 28.5 Å². The molecule has 1 atom stereocenters. The predicted octanol–water partition coefficient (Wildman–Crippen LogP) is 5.23. The first-order valence-corrected chi connectivity index (χ1v) is 12.5. The van der Waals surface area contributed by atoms with Crippen molar-refractivity contribution in [3.05, 3.63) is 81.0 Å². The lowest BCUT2D eigenvalue weighted by Crippen LogP contribution is -2.43. The van der Waals surface area contributed by atoms with E-state index in [9.17, 15) is 9.59 Å². The van der Waals surface area contributed by atoms with E-state index < -0.39 is 0 Å². The van der Waals surface area contributed by atoms with Crippen LogP contribution in [0.5, 0.6) is 0 Å². The summed E-state index contributed by atoms with van der Waals surface area (Å²) in [4.78, 5) is 33.7. The second kappa shape index (κ2) is 9.06. The number of rotatable bonds is 4. The summed E-state index contributed by atoms with van der Waals surface area (Å²) in [6.45, 7) is 7.34. The van der Waals surface area contributed by atoms with Gasteiger partial charge in [-0.15, -0.1) is 11.3 Å². The van der Waals surface area contributed by atoms with Crippen LogP contribution in [0.3, 0.4) is 0 Å². The standard InChI is InChI=1S/C27H28N4O2S/c1-17-6-4-8-22(15-17)31-26(33)24-23(9-11-34-24)29-27(31)30-10-5-7-20(16-30)25(32)28-21-13-18(2)12-19(3)14-21/h4,6,8-9,11-15,20H,5,7,10,16H2,1-3H3,(H,28,32). The number of thiophene rings is 1. The average molecular weight is 473 g/mol. The fraction of sp³-hybridized carbons (Fsp3) is 0.296. The van der Waals surface area contributed by atoms with E-state index in [2.05, 4.69) is 16.3 Å². The molecule has 34 heavy (non-hydrogen) atoms. The van der Waals surface area contributed by atoms with Crippen molar-refractivity contribution in [2.45, 2.75) is 33.6 Å². The van der Waals surface area contributed by atoms with Crippen molar-refractivity contribution >= 4 is 39.1 Å². The molecule has 7 heteroatoms. The minimum atomic E-state index is -0.185. The molecule has 174 valence electrons. The Bertz CT molecular complexity index is 1420. The summed E-state index contributed by atoms with van der Waals surface area (Å²) in [5.74, 6) is 0.428. The largest absolute Gasteiger partial charge is 0.341 e. The fourth-order valence-corrected chi connectivity index (χ4v) is 5.54. The molecule has 0 radical (unpaired) electrons. The van der Waals surface area contributed by atoms with Gasteiger partial charge in [-0.25, -0.2) is 9.55 Å². The van der Waals surface area contributed by atoms with Gasteiger partial charge in [0.2, 0.25) is 11.9 Å². The van der Waals surface area contributed by atoms with Gasteiger partial charge in [0.1, 0.15) is 4.70 Å². The first-order valence-electron chi connectivity index (χ1n) is 11.6. The van der Waals surface area contributed by atoms with Gasteiger partial charge < -0.3 is 10.2 Å². The van der Waals surface area contributed by atoms with Crippen molar-refractivity contribution in [3.63, 3.8) is 0 Å². The van der Waals surface area contributed by atoms with Crippen LogP contribution in [0.1, 0.15) is 29.5 Å². The maximum Gasteiger partial charge on any atom is 0.277 e. The minimum Gasteiger partial charge on any atom is -0.341 e. The third-order valence-corrected chi connectivity index (χ3v) is 7.18. The Balaban J connectivity index is 1.49. The van der Waals surface area contributed by atoms with E-state index in [1.165, 1.54) is 11.3 Å². The summed E-state index contributed by atoms with van der Waals surface area (Å²) >= 11 is 1.41. The highest BCUT2D eigenvalue weighted by Crippen LogP contribution is 2.27. The molecule has 0 bridgehead atoms. The number of aromatic nitrogens is 2. The minimum absolute atomic E-state index is 0.00997. The van der Waals surface area contributed by atoms with Crippen LogP contribution in [0.25, 0.3) is 15.9 Å². The number of fused-ring (bicyclic) bond motifs is 1. The monoisotopic (exact) mass is 472 g/mol. The Hall–Kier alpha value is -3.45. The zero-order valence-corrected chi connectivity index (χ0v) is 20.5. The first-order chi connectivity index (χ1) is 16.4. The molecule has 0 aliphatic carbocycles. The van der Waals surface area contributed by atoms with Crippen LogP contribution in [0.4, 0.5) is 11.6 Å². The topological polar surface area (TPSA) is 67.2 Å². The van der Waals surface area contributed by atoms with E-state index in [-0.39, 0.29) is 17.4 Å². The second-order valence-corrected chi connectivity index (χ2v) is 10.1. The number of amides is 1. The number of carbonyl (C=O) groups is 1. The van der Waals surface area contributed by atoms with Gasteiger partial charge in [0, 0.05) is 18.8 Å². The summed E-state index contributed by atoms with van der Waals surface area (Å²) in [5.41, 5.74) is 5.58. The molecule has 1 N–H and O–H groups in total. The third kappa shape index (κ3) is 4.35. The molecule has 4 aromatic rings. The number of nitrogens with one attached hydrogen (secondary N) is 1. The molecule has 3 heterocycles. The first kappa shape index (κ1) is 22.3. The van der Waals surface area contributed by atoms with Crippen LogP contribution in [0.15, 0.2) is 58.7 Å². The number of anilines is 2. The summed E-state index contributed by atoms with van der Waals surface area (Å²) in [7, 11) is 0. The van der Waals surface area contributed by atoms with Crippen molar-refractivity contribution in [1.82, 2.24) is 9.55 Å². The summed E-state index contributed by atoms with van der Waals surface area (Å²) in [6, 6.07) is 15.9. The van der Waals surface area contributed by atoms with Crippen molar-refractivity contribution in [1.29, 1.82) is 0 Å². The predicted molar refractivity (Wildman–Crippen MR) is 139 cm³/mol. The SMILES string of the molecule is Cc1cc(C)cc(NC(=O)C2CCCN(c3nc4ccsc4c(=O)n3-c3cccc(C)c3)C2)c1. The normalized spacial score (nSPS) is 16.1. The quantitative estimate of drug-likeness (QED) is 0.442. The lowest BCUT2D eigenvalue weighted by Gasteiger charge is -2.34. The smallest absolute Gasteiger partial charge is 0.277 e. The van der Waals surface area contributed by atoms with E-state index in [1.807, 2.05) is 68.6 Å². The number of piperidine rings is 1. The fourth-order valence-electron chi connectivity index (χ4n) is 4.78. The van der Waals surface area contributed by atoms with E-state index in [1.54, 1.807) is 4.57 Å². The molecule has 1 unspecified atom stereocenters. The molecule has 2 aromatic carbocycles. The molecule has 5 rings (SSSR count). The lowest BCUT2D eigenvalue weighted by molar-refractivity contribution is -0.120. The van der Waals surface area contributed by atoms with Crippen LogP contribution < -0.4 is 15.8 Å². The number of nitrogens with zero attached hydrogens (tertiary/aromatic N) is 3. The Morgan fingerprint density at radius 2 is 1.85 bits per heavy atom. The lowest BCUT2D eigenvalue weighted by atomic mass is 9.97. The van der Waals surface area contributed by atoms with Gasteiger partial charge in [-0.05, 0) is 86.0 Å². The zero-order valence-electron chi connectivity index (χ0n) is 19.7. The summed E-state index contributed by atoms with van der Waals surface area (Å²) < 4.78 is 2.35. The molecular formula is C27H28N4O2S.